The lowest BCUT2D eigenvalue weighted by molar-refractivity contribution is -0.187. The molecule has 1 saturated carbocycles. The van der Waals surface area contributed by atoms with E-state index in [1.54, 1.807) is 0 Å². The van der Waals surface area contributed by atoms with Gasteiger partial charge in [-0.3, -0.25) is 4.79 Å². The van der Waals surface area contributed by atoms with E-state index < -0.39 is 5.60 Å². The molecule has 0 saturated heterocycles. The number of esters is 1. The molecule has 0 aliphatic heterocycles. The Labute approximate surface area is 153 Å². The van der Waals surface area contributed by atoms with Gasteiger partial charge in [-0.25, -0.2) is 0 Å². The second-order valence-corrected chi connectivity index (χ2v) is 7.84. The summed E-state index contributed by atoms with van der Waals surface area (Å²) in [5.74, 6) is 0.511. The fraction of sp³-hybridized carbons (Fsp3) is 0.667. The topological polar surface area (TPSA) is 32.8 Å². The molecule has 4 nitrogen and oxygen atoms in total. The van der Waals surface area contributed by atoms with Gasteiger partial charge in [-0.05, 0) is 46.6 Å². The maximum atomic E-state index is 12.5. The Kier molecular flexibility index (Phi) is 7.03. The van der Waals surface area contributed by atoms with E-state index in [4.69, 9.17) is 4.74 Å². The molecule has 1 aliphatic carbocycles. The van der Waals surface area contributed by atoms with Crippen LogP contribution in [0.1, 0.15) is 38.2 Å². The number of hydrogen-bond acceptors (Lipinski definition) is 4. The average Bonchev–Trinajstić information content (AvgIpc) is 2.57. The van der Waals surface area contributed by atoms with Crippen LogP contribution in [-0.4, -0.2) is 57.0 Å². The fourth-order valence-corrected chi connectivity index (χ4v) is 4.36. The first kappa shape index (κ1) is 19.9. The molecular formula is C21H34N2O2. The van der Waals surface area contributed by atoms with Gasteiger partial charge in [0, 0.05) is 31.3 Å². The molecule has 25 heavy (non-hydrogen) atoms. The Bertz CT molecular complexity index is 524. The summed E-state index contributed by atoms with van der Waals surface area (Å²) < 4.78 is 6.35. The number of benzene rings is 1. The van der Waals surface area contributed by atoms with Crippen LogP contribution in [0.4, 0.5) is 0 Å². The minimum absolute atomic E-state index is 0.0988. The van der Waals surface area contributed by atoms with Crippen molar-refractivity contribution in [1.29, 1.82) is 0 Å². The van der Waals surface area contributed by atoms with Crippen molar-refractivity contribution in [3.05, 3.63) is 35.9 Å². The lowest BCUT2D eigenvalue weighted by Crippen LogP contribution is -2.54. The average molecular weight is 347 g/mol. The molecule has 0 spiro atoms. The van der Waals surface area contributed by atoms with Crippen LogP contribution < -0.4 is 0 Å². The Balaban J connectivity index is 2.55. The second-order valence-electron chi connectivity index (χ2n) is 7.84. The van der Waals surface area contributed by atoms with E-state index in [0.29, 0.717) is 18.3 Å². The van der Waals surface area contributed by atoms with Gasteiger partial charge in [-0.1, -0.05) is 43.7 Å². The molecule has 0 N–H and O–H groups in total. The molecule has 1 aromatic carbocycles. The van der Waals surface area contributed by atoms with E-state index in [9.17, 15) is 4.79 Å². The number of nitrogens with zero attached hydrogens (tertiary/aromatic N) is 2. The number of hydrogen-bond donors (Lipinski definition) is 0. The van der Waals surface area contributed by atoms with E-state index >= 15 is 0 Å². The van der Waals surface area contributed by atoms with Crippen molar-refractivity contribution in [1.82, 2.24) is 9.80 Å². The van der Waals surface area contributed by atoms with Gasteiger partial charge in [-0.2, -0.15) is 0 Å². The molecular weight excluding hydrogens is 312 g/mol. The first-order chi connectivity index (χ1) is 11.9. The van der Waals surface area contributed by atoms with Crippen LogP contribution in [0.15, 0.2) is 30.3 Å². The van der Waals surface area contributed by atoms with Crippen molar-refractivity contribution in [3.63, 3.8) is 0 Å². The van der Waals surface area contributed by atoms with Crippen molar-refractivity contribution in [2.24, 2.45) is 11.8 Å². The smallest absolute Gasteiger partial charge is 0.306 e. The monoisotopic (exact) mass is 346 g/mol. The minimum atomic E-state index is -0.541. The summed E-state index contributed by atoms with van der Waals surface area (Å²) in [5, 5.41) is 0. The highest BCUT2D eigenvalue weighted by Gasteiger charge is 2.52. The Hall–Kier alpha value is -1.39. The van der Waals surface area contributed by atoms with Gasteiger partial charge in [-0.15, -0.1) is 0 Å². The van der Waals surface area contributed by atoms with Gasteiger partial charge in [0.25, 0.3) is 0 Å². The van der Waals surface area contributed by atoms with Crippen LogP contribution in [0.5, 0.6) is 0 Å². The Morgan fingerprint density at radius 2 is 1.56 bits per heavy atom. The molecule has 0 radical (unpaired) electrons. The van der Waals surface area contributed by atoms with Crippen molar-refractivity contribution >= 4 is 5.97 Å². The van der Waals surface area contributed by atoms with Crippen LogP contribution in [0.25, 0.3) is 0 Å². The molecule has 0 aromatic heterocycles. The zero-order valence-corrected chi connectivity index (χ0v) is 16.5. The standard InChI is InChI=1S/C21H34N2O2/c1-6-20(24)25-21(17-11-8-7-9-12-17)18(15-22(2)3)13-10-14-19(21)16-23(4)5/h7-9,11-12,18-19H,6,10,13-16H2,1-5H3/t18-,19+,21?. The SMILES string of the molecule is CCC(=O)OC1(c2ccccc2)[C@@H](CN(C)C)CCC[C@H]1CN(C)C. The van der Waals surface area contributed by atoms with Crippen molar-refractivity contribution in [2.45, 2.75) is 38.2 Å². The van der Waals surface area contributed by atoms with Crippen LogP contribution in [0.3, 0.4) is 0 Å². The third kappa shape index (κ3) is 4.62. The molecule has 1 aliphatic rings. The predicted octanol–water partition coefficient (Wildman–Crippen LogP) is 3.37. The van der Waals surface area contributed by atoms with Crippen molar-refractivity contribution in [2.75, 3.05) is 41.3 Å². The quantitative estimate of drug-likeness (QED) is 0.709. The highest BCUT2D eigenvalue weighted by atomic mass is 16.6. The van der Waals surface area contributed by atoms with Crippen LogP contribution in [0.2, 0.25) is 0 Å². The summed E-state index contributed by atoms with van der Waals surface area (Å²) in [6.07, 6.45) is 3.79. The zero-order valence-electron chi connectivity index (χ0n) is 16.5. The molecule has 1 fully saturated rings. The molecule has 3 atom stereocenters. The number of rotatable bonds is 7. The van der Waals surface area contributed by atoms with Gasteiger partial charge < -0.3 is 14.5 Å². The third-order valence-corrected chi connectivity index (χ3v) is 5.29. The van der Waals surface area contributed by atoms with Gasteiger partial charge in [0.05, 0.1) is 0 Å². The summed E-state index contributed by atoms with van der Waals surface area (Å²) in [6, 6.07) is 10.4. The van der Waals surface area contributed by atoms with E-state index in [-0.39, 0.29) is 5.97 Å². The maximum absolute atomic E-state index is 12.5. The highest BCUT2D eigenvalue weighted by molar-refractivity contribution is 5.70. The second kappa shape index (κ2) is 8.81. The maximum Gasteiger partial charge on any atom is 0.306 e. The summed E-state index contributed by atoms with van der Waals surface area (Å²) in [4.78, 5) is 16.9. The molecule has 1 aromatic rings. The molecule has 1 unspecified atom stereocenters. The molecule has 4 heteroatoms. The van der Waals surface area contributed by atoms with Crippen LogP contribution in [-0.2, 0) is 15.1 Å². The lowest BCUT2D eigenvalue weighted by atomic mass is 9.64. The first-order valence-electron chi connectivity index (χ1n) is 9.47. The molecule has 0 heterocycles. The zero-order chi connectivity index (χ0) is 18.4. The van der Waals surface area contributed by atoms with Gasteiger partial charge >= 0.3 is 5.97 Å². The van der Waals surface area contributed by atoms with Crippen molar-refractivity contribution < 1.29 is 9.53 Å². The first-order valence-corrected chi connectivity index (χ1v) is 9.47. The number of carbonyl (C=O) groups is 1. The fourth-order valence-electron chi connectivity index (χ4n) is 4.36. The minimum Gasteiger partial charge on any atom is -0.453 e. The largest absolute Gasteiger partial charge is 0.453 e. The van der Waals surface area contributed by atoms with Gasteiger partial charge in [0.1, 0.15) is 5.60 Å². The molecule has 0 amide bonds. The third-order valence-electron chi connectivity index (χ3n) is 5.29. The molecule has 2 rings (SSSR count). The Morgan fingerprint density at radius 3 is 2.00 bits per heavy atom. The Morgan fingerprint density at radius 1 is 1.04 bits per heavy atom. The summed E-state index contributed by atoms with van der Waals surface area (Å²) in [7, 11) is 8.42. The van der Waals surface area contributed by atoms with Crippen molar-refractivity contribution in [3.8, 4) is 0 Å². The van der Waals surface area contributed by atoms with E-state index in [1.807, 2.05) is 13.0 Å². The van der Waals surface area contributed by atoms with Crippen LogP contribution in [0, 0.1) is 11.8 Å². The van der Waals surface area contributed by atoms with Gasteiger partial charge in [0.15, 0.2) is 0 Å². The highest BCUT2D eigenvalue weighted by Crippen LogP contribution is 2.49. The predicted molar refractivity (Wildman–Crippen MR) is 102 cm³/mol. The van der Waals surface area contributed by atoms with E-state index in [2.05, 4.69) is 62.3 Å². The normalized spacial score (nSPS) is 26.8. The molecule has 140 valence electrons. The van der Waals surface area contributed by atoms with E-state index in [1.165, 1.54) is 6.42 Å². The number of ether oxygens (including phenoxy) is 1. The summed E-state index contributed by atoms with van der Waals surface area (Å²) in [5.41, 5.74) is 0.608. The lowest BCUT2D eigenvalue weighted by Gasteiger charge is -2.50. The number of carbonyl (C=O) groups excluding carboxylic acids is 1. The van der Waals surface area contributed by atoms with Crippen LogP contribution >= 0.6 is 0 Å². The summed E-state index contributed by atoms with van der Waals surface area (Å²) in [6.45, 7) is 3.73. The summed E-state index contributed by atoms with van der Waals surface area (Å²) >= 11 is 0. The van der Waals surface area contributed by atoms with Gasteiger partial charge in [0.2, 0.25) is 0 Å². The molecule has 0 bridgehead atoms. The van der Waals surface area contributed by atoms with E-state index in [0.717, 1.165) is 31.5 Å².